The Bertz CT molecular complexity index is 203. The first kappa shape index (κ1) is 14.4. The van der Waals surface area contributed by atoms with Gasteiger partial charge in [-0.1, -0.05) is 0 Å². The Hall–Kier alpha value is 0.830. The molecule has 2 N–H and O–H groups in total. The summed E-state index contributed by atoms with van der Waals surface area (Å²) in [5.41, 5.74) is 0. The van der Waals surface area contributed by atoms with E-state index >= 15 is 0 Å². The van der Waals surface area contributed by atoms with Gasteiger partial charge < -0.3 is 14.8 Å². The summed E-state index contributed by atoms with van der Waals surface area (Å²) in [6, 6.07) is 0. The third-order valence-electron chi connectivity index (χ3n) is 1.20. The summed E-state index contributed by atoms with van der Waals surface area (Å²) in [6.45, 7) is 1.77. The Labute approximate surface area is 87.5 Å². The van der Waals surface area contributed by atoms with Crippen LogP contribution in [0, 0.1) is 0 Å². The van der Waals surface area contributed by atoms with Crippen molar-refractivity contribution in [3.8, 4) is 0 Å². The maximum atomic E-state index is 10.1. The zero-order chi connectivity index (χ0) is 8.58. The van der Waals surface area contributed by atoms with Gasteiger partial charge in [0.05, 0.1) is 5.25 Å². The SMILES string of the molecule is CC(C(C)(O)O)S(=O)(=O)[O-].[Na+]. The van der Waals surface area contributed by atoms with Crippen molar-refractivity contribution in [1.29, 1.82) is 0 Å². The van der Waals surface area contributed by atoms with Crippen LogP contribution in [0.5, 0.6) is 0 Å². The Kier molecular flexibility index (Phi) is 5.45. The van der Waals surface area contributed by atoms with Gasteiger partial charge in [-0.3, -0.25) is 0 Å². The molecule has 0 saturated heterocycles. The van der Waals surface area contributed by atoms with Crippen molar-refractivity contribution >= 4 is 10.1 Å². The molecule has 1 atom stereocenters. The van der Waals surface area contributed by atoms with E-state index in [9.17, 15) is 13.0 Å². The fraction of sp³-hybridized carbons (Fsp3) is 1.00. The van der Waals surface area contributed by atoms with Crippen molar-refractivity contribution in [2.45, 2.75) is 24.9 Å². The fourth-order valence-electron chi connectivity index (χ4n) is 0.273. The van der Waals surface area contributed by atoms with E-state index in [-0.39, 0.29) is 29.6 Å². The van der Waals surface area contributed by atoms with Crippen molar-refractivity contribution in [2.75, 3.05) is 0 Å². The molecule has 0 spiro atoms. The third-order valence-corrected chi connectivity index (χ3v) is 2.52. The molecule has 0 aliphatic rings. The minimum atomic E-state index is -4.61. The molecule has 5 nitrogen and oxygen atoms in total. The number of rotatable bonds is 2. The minimum Gasteiger partial charge on any atom is -0.748 e. The molecule has 0 aromatic carbocycles. The smallest absolute Gasteiger partial charge is 0.748 e. The van der Waals surface area contributed by atoms with E-state index < -0.39 is 21.2 Å². The molecule has 0 aliphatic heterocycles. The maximum absolute atomic E-state index is 10.1. The molecule has 0 aromatic rings. The van der Waals surface area contributed by atoms with E-state index in [1.165, 1.54) is 0 Å². The Morgan fingerprint density at radius 3 is 1.73 bits per heavy atom. The maximum Gasteiger partial charge on any atom is 1.00 e. The number of hydrogen-bond acceptors (Lipinski definition) is 5. The van der Waals surface area contributed by atoms with Gasteiger partial charge in [-0.25, -0.2) is 8.42 Å². The first-order chi connectivity index (χ1) is 4.15. The van der Waals surface area contributed by atoms with Crippen LogP contribution in [0.15, 0.2) is 0 Å². The summed E-state index contributed by atoms with van der Waals surface area (Å²) in [4.78, 5) is 0. The molecule has 0 saturated carbocycles. The molecule has 0 amide bonds. The second kappa shape index (κ2) is 4.18. The fourth-order valence-corrected chi connectivity index (χ4v) is 0.820. The van der Waals surface area contributed by atoms with Gasteiger partial charge in [0.15, 0.2) is 5.79 Å². The Morgan fingerprint density at radius 1 is 1.45 bits per heavy atom. The van der Waals surface area contributed by atoms with Gasteiger partial charge in [0, 0.05) is 0 Å². The monoisotopic (exact) mass is 192 g/mol. The van der Waals surface area contributed by atoms with Crippen LogP contribution < -0.4 is 29.6 Å². The number of hydrogen-bond donors (Lipinski definition) is 2. The molecule has 0 aromatic heterocycles. The molecule has 0 bridgehead atoms. The zero-order valence-electron chi connectivity index (χ0n) is 6.60. The van der Waals surface area contributed by atoms with Gasteiger partial charge in [-0.05, 0) is 13.8 Å². The van der Waals surface area contributed by atoms with Gasteiger partial charge >= 0.3 is 29.6 Å². The molecule has 7 heteroatoms. The molecule has 62 valence electrons. The largest absolute Gasteiger partial charge is 1.00 e. The molecular weight excluding hydrogens is 183 g/mol. The quantitative estimate of drug-likeness (QED) is 0.262. The predicted molar refractivity (Wildman–Crippen MR) is 32.0 cm³/mol. The van der Waals surface area contributed by atoms with Gasteiger partial charge in [0.1, 0.15) is 10.1 Å². The molecule has 11 heavy (non-hydrogen) atoms. The topological polar surface area (TPSA) is 97.7 Å². The second-order valence-electron chi connectivity index (χ2n) is 2.23. The molecule has 0 radical (unpaired) electrons. The molecular formula is C4H9NaO5S. The van der Waals surface area contributed by atoms with Crippen molar-refractivity contribution < 1.29 is 52.7 Å². The molecule has 0 aliphatic carbocycles. The van der Waals surface area contributed by atoms with Gasteiger partial charge in [-0.15, -0.1) is 0 Å². The average Bonchev–Trinajstić information content (AvgIpc) is 1.59. The molecule has 1 unspecified atom stereocenters. The van der Waals surface area contributed by atoms with Crippen LogP contribution in [-0.2, 0) is 10.1 Å². The van der Waals surface area contributed by atoms with E-state index in [1.54, 1.807) is 0 Å². The van der Waals surface area contributed by atoms with Gasteiger partial charge in [-0.2, -0.15) is 0 Å². The predicted octanol–water partition coefficient (Wildman–Crippen LogP) is -4.38. The van der Waals surface area contributed by atoms with Crippen LogP contribution in [0.3, 0.4) is 0 Å². The standard InChI is InChI=1S/C4H10O5S.Na/c1-3(4(2,5)6)10(7,8)9;/h3,5-6H,1-2H3,(H,7,8,9);/q;+1/p-1. The summed E-state index contributed by atoms with van der Waals surface area (Å²) in [5.74, 6) is -2.46. The van der Waals surface area contributed by atoms with Crippen molar-refractivity contribution in [3.05, 3.63) is 0 Å². The van der Waals surface area contributed by atoms with Crippen molar-refractivity contribution in [3.63, 3.8) is 0 Å². The number of aliphatic hydroxyl groups is 2. The summed E-state index contributed by atoms with van der Waals surface area (Å²) >= 11 is 0. The first-order valence-electron chi connectivity index (χ1n) is 2.55. The normalized spacial score (nSPS) is 15.4. The van der Waals surface area contributed by atoms with Crippen LogP contribution in [0.4, 0.5) is 0 Å². The van der Waals surface area contributed by atoms with Crippen molar-refractivity contribution in [1.82, 2.24) is 0 Å². The summed E-state index contributed by atoms with van der Waals surface area (Å²) in [6.07, 6.45) is 0. The Balaban J connectivity index is 0. The first-order valence-corrected chi connectivity index (χ1v) is 4.02. The van der Waals surface area contributed by atoms with Crippen LogP contribution >= 0.6 is 0 Å². The summed E-state index contributed by atoms with van der Waals surface area (Å²) in [7, 11) is -4.61. The second-order valence-corrected chi connectivity index (χ2v) is 3.92. The van der Waals surface area contributed by atoms with Crippen molar-refractivity contribution in [2.24, 2.45) is 0 Å². The van der Waals surface area contributed by atoms with E-state index in [0.29, 0.717) is 0 Å². The summed E-state index contributed by atoms with van der Waals surface area (Å²) < 4.78 is 30.3. The zero-order valence-corrected chi connectivity index (χ0v) is 9.42. The van der Waals surface area contributed by atoms with E-state index in [0.717, 1.165) is 13.8 Å². The average molecular weight is 192 g/mol. The molecule has 0 heterocycles. The van der Waals surface area contributed by atoms with Gasteiger partial charge in [0.2, 0.25) is 0 Å². The van der Waals surface area contributed by atoms with Crippen LogP contribution in [-0.4, -0.2) is 34.2 Å². The van der Waals surface area contributed by atoms with Crippen LogP contribution in [0.1, 0.15) is 13.8 Å². The van der Waals surface area contributed by atoms with E-state index in [2.05, 4.69) is 0 Å². The molecule has 0 rings (SSSR count). The third kappa shape index (κ3) is 5.13. The van der Waals surface area contributed by atoms with Crippen LogP contribution in [0.2, 0.25) is 0 Å². The summed E-state index contributed by atoms with van der Waals surface area (Å²) in [5, 5.41) is 15.5. The minimum absolute atomic E-state index is 0. The van der Waals surface area contributed by atoms with Gasteiger partial charge in [0.25, 0.3) is 0 Å². The van der Waals surface area contributed by atoms with E-state index in [4.69, 9.17) is 10.2 Å². The Morgan fingerprint density at radius 2 is 1.73 bits per heavy atom. The van der Waals surface area contributed by atoms with Crippen LogP contribution in [0.25, 0.3) is 0 Å². The molecule has 0 fully saturated rings. The van der Waals surface area contributed by atoms with E-state index in [1.807, 2.05) is 0 Å².